The molecule has 0 saturated heterocycles. The number of carbonyl (C=O) groups is 2. The lowest BCUT2D eigenvalue weighted by Gasteiger charge is -2.10. The molecule has 9 heteroatoms. The topological polar surface area (TPSA) is 110 Å². The maximum Gasteiger partial charge on any atom is 0.342 e. The Hall–Kier alpha value is -3.95. The van der Waals surface area contributed by atoms with Crippen LogP contribution in [0.1, 0.15) is 20.7 Å². The highest BCUT2D eigenvalue weighted by Gasteiger charge is 2.19. The fraction of sp³-hybridized carbons (Fsp3) is 0.0400. The summed E-state index contributed by atoms with van der Waals surface area (Å²) in [5, 5.41) is 11.8. The zero-order valence-electron chi connectivity index (χ0n) is 17.7. The number of phenolic OH excluding ortho intramolecular Hbond substituents is 1. The molecule has 0 unspecified atom stereocenters. The van der Waals surface area contributed by atoms with Gasteiger partial charge in [0, 0.05) is 11.6 Å². The molecule has 4 rings (SSSR count). The van der Waals surface area contributed by atoms with Crippen LogP contribution in [0.25, 0.3) is 11.1 Å². The number of aromatic hydroxyl groups is 1. The predicted molar refractivity (Wildman–Crippen MR) is 130 cm³/mol. The average Bonchev–Trinajstić information content (AvgIpc) is 3.39. The van der Waals surface area contributed by atoms with E-state index in [1.165, 1.54) is 18.2 Å². The summed E-state index contributed by atoms with van der Waals surface area (Å²) in [6.07, 6.45) is 0. The van der Waals surface area contributed by atoms with E-state index in [-0.39, 0.29) is 15.5 Å². The van der Waals surface area contributed by atoms with E-state index in [0.29, 0.717) is 5.56 Å². The number of ether oxygens (including phenoxy) is 1. The Morgan fingerprint density at radius 3 is 2.24 bits per heavy atom. The highest BCUT2D eigenvalue weighted by molar-refractivity contribution is 7.94. The molecule has 7 nitrogen and oxygen atoms in total. The molecule has 0 fully saturated rings. The second-order valence-corrected chi connectivity index (χ2v) is 10.1. The van der Waals surface area contributed by atoms with Crippen molar-refractivity contribution in [3.05, 3.63) is 101 Å². The van der Waals surface area contributed by atoms with Crippen molar-refractivity contribution in [2.75, 3.05) is 11.3 Å². The summed E-state index contributed by atoms with van der Waals surface area (Å²) < 4.78 is 32.1. The van der Waals surface area contributed by atoms with Crippen LogP contribution in [0.15, 0.2) is 94.5 Å². The summed E-state index contributed by atoms with van der Waals surface area (Å²) >= 11 is 1.05. The molecule has 0 saturated carbocycles. The second kappa shape index (κ2) is 9.90. The van der Waals surface area contributed by atoms with Crippen LogP contribution in [0.4, 0.5) is 5.69 Å². The quantitative estimate of drug-likeness (QED) is 0.265. The van der Waals surface area contributed by atoms with Gasteiger partial charge in [0.15, 0.2) is 12.4 Å². The summed E-state index contributed by atoms with van der Waals surface area (Å²) in [4.78, 5) is 24.8. The van der Waals surface area contributed by atoms with Crippen LogP contribution >= 0.6 is 11.3 Å². The first-order valence-corrected chi connectivity index (χ1v) is 12.4. The molecule has 0 aliphatic rings. The lowest BCUT2D eigenvalue weighted by atomic mass is 10.0. The molecule has 0 spiro atoms. The molecule has 0 bridgehead atoms. The zero-order valence-corrected chi connectivity index (χ0v) is 19.3. The lowest BCUT2D eigenvalue weighted by molar-refractivity contribution is 0.0472. The number of phenols is 1. The van der Waals surface area contributed by atoms with Gasteiger partial charge in [0.2, 0.25) is 0 Å². The zero-order chi connectivity index (χ0) is 24.1. The van der Waals surface area contributed by atoms with E-state index in [1.54, 1.807) is 23.6 Å². The molecule has 4 aromatic rings. The van der Waals surface area contributed by atoms with Crippen LogP contribution in [0, 0.1) is 0 Å². The number of hydrogen-bond acceptors (Lipinski definition) is 7. The number of esters is 1. The van der Waals surface area contributed by atoms with Crippen molar-refractivity contribution in [3.63, 3.8) is 0 Å². The normalized spacial score (nSPS) is 11.1. The summed E-state index contributed by atoms with van der Waals surface area (Å²) in [6, 6.07) is 23.3. The fourth-order valence-electron chi connectivity index (χ4n) is 3.16. The number of thiophene rings is 1. The van der Waals surface area contributed by atoms with Crippen molar-refractivity contribution < 1.29 is 27.9 Å². The van der Waals surface area contributed by atoms with Gasteiger partial charge in [-0.2, -0.15) is 0 Å². The molecule has 1 aromatic heterocycles. The van der Waals surface area contributed by atoms with Gasteiger partial charge < -0.3 is 9.84 Å². The predicted octanol–water partition coefficient (Wildman–Crippen LogP) is 4.96. The third-order valence-electron chi connectivity index (χ3n) is 4.88. The van der Waals surface area contributed by atoms with Gasteiger partial charge in [-0.1, -0.05) is 60.7 Å². The third-order valence-corrected chi connectivity index (χ3v) is 7.66. The maximum absolute atomic E-state index is 12.4. The number of rotatable bonds is 8. The Bertz CT molecular complexity index is 1410. The molecule has 172 valence electrons. The molecular formula is C25H19NO6S2. The van der Waals surface area contributed by atoms with Gasteiger partial charge in [0.05, 0.1) is 5.69 Å². The number of hydrogen-bond donors (Lipinski definition) is 2. The largest absolute Gasteiger partial charge is 0.507 e. The minimum Gasteiger partial charge on any atom is -0.507 e. The van der Waals surface area contributed by atoms with E-state index >= 15 is 0 Å². The number of anilines is 1. The van der Waals surface area contributed by atoms with Gasteiger partial charge in [-0.25, -0.2) is 13.2 Å². The standard InChI is InChI=1S/C25H19NO6S2/c27-22-15-20(26-34(30,31)24-7-4-14-33-24)12-13-21(22)25(29)32-16-23(28)19-10-8-18(9-11-19)17-5-2-1-3-6-17/h1-15,26-27H,16H2. The van der Waals surface area contributed by atoms with Gasteiger partial charge in [0.1, 0.15) is 15.5 Å². The van der Waals surface area contributed by atoms with Crippen LogP contribution in [0.5, 0.6) is 5.75 Å². The molecule has 0 amide bonds. The smallest absolute Gasteiger partial charge is 0.342 e. The Morgan fingerprint density at radius 1 is 0.882 bits per heavy atom. The first-order valence-electron chi connectivity index (χ1n) is 10.1. The van der Waals surface area contributed by atoms with Crippen LogP contribution < -0.4 is 4.72 Å². The summed E-state index contributed by atoms with van der Waals surface area (Å²) in [5.41, 5.74) is 2.25. The molecule has 3 aromatic carbocycles. The highest BCUT2D eigenvalue weighted by Crippen LogP contribution is 2.26. The van der Waals surface area contributed by atoms with Crippen molar-refractivity contribution in [2.24, 2.45) is 0 Å². The van der Waals surface area contributed by atoms with Crippen LogP contribution in [0.3, 0.4) is 0 Å². The van der Waals surface area contributed by atoms with Crippen LogP contribution in [-0.2, 0) is 14.8 Å². The summed E-state index contributed by atoms with van der Waals surface area (Å²) in [7, 11) is -3.80. The monoisotopic (exact) mass is 493 g/mol. The Balaban J connectivity index is 1.37. The number of carbonyl (C=O) groups excluding carboxylic acids is 2. The number of ketones is 1. The Kier molecular flexibility index (Phi) is 6.76. The van der Waals surface area contributed by atoms with Gasteiger partial charge in [-0.05, 0) is 34.7 Å². The van der Waals surface area contributed by atoms with Crippen molar-refractivity contribution in [1.29, 1.82) is 0 Å². The molecule has 0 aliphatic heterocycles. The van der Waals surface area contributed by atoms with E-state index in [9.17, 15) is 23.1 Å². The van der Waals surface area contributed by atoms with E-state index in [4.69, 9.17) is 4.74 Å². The second-order valence-electron chi connectivity index (χ2n) is 7.21. The van der Waals surface area contributed by atoms with Gasteiger partial charge >= 0.3 is 5.97 Å². The molecule has 0 atom stereocenters. The first kappa shape index (κ1) is 23.2. The van der Waals surface area contributed by atoms with Gasteiger partial charge in [-0.3, -0.25) is 9.52 Å². The van der Waals surface area contributed by atoms with E-state index in [0.717, 1.165) is 28.5 Å². The molecule has 0 radical (unpaired) electrons. The van der Waals surface area contributed by atoms with Gasteiger partial charge in [0.25, 0.3) is 10.0 Å². The highest BCUT2D eigenvalue weighted by atomic mass is 32.2. The number of nitrogens with one attached hydrogen (secondary N) is 1. The molecular weight excluding hydrogens is 474 g/mol. The first-order chi connectivity index (χ1) is 16.3. The third kappa shape index (κ3) is 5.33. The molecule has 34 heavy (non-hydrogen) atoms. The Morgan fingerprint density at radius 2 is 1.59 bits per heavy atom. The fourth-order valence-corrected chi connectivity index (χ4v) is 5.20. The molecule has 0 aliphatic carbocycles. The molecule has 2 N–H and O–H groups in total. The van der Waals surface area contributed by atoms with E-state index < -0.39 is 34.1 Å². The maximum atomic E-state index is 12.4. The van der Waals surface area contributed by atoms with E-state index in [2.05, 4.69) is 4.72 Å². The summed E-state index contributed by atoms with van der Waals surface area (Å²) in [5.74, 6) is -1.77. The number of sulfonamides is 1. The minimum absolute atomic E-state index is 0.0806. The van der Waals surface area contributed by atoms with E-state index in [1.807, 2.05) is 42.5 Å². The lowest BCUT2D eigenvalue weighted by Crippen LogP contribution is -2.15. The number of benzene rings is 3. The summed E-state index contributed by atoms with van der Waals surface area (Å²) in [6.45, 7) is -0.504. The van der Waals surface area contributed by atoms with Crippen LogP contribution in [-0.4, -0.2) is 31.9 Å². The SMILES string of the molecule is O=C(COC(=O)c1ccc(NS(=O)(=O)c2cccs2)cc1O)c1ccc(-c2ccccc2)cc1. The average molecular weight is 494 g/mol. The van der Waals surface area contributed by atoms with Crippen molar-refractivity contribution in [1.82, 2.24) is 0 Å². The minimum atomic E-state index is -3.80. The Labute approximate surface area is 200 Å². The van der Waals surface area contributed by atoms with Crippen LogP contribution in [0.2, 0.25) is 0 Å². The van der Waals surface area contributed by atoms with Gasteiger partial charge in [-0.15, -0.1) is 11.3 Å². The van der Waals surface area contributed by atoms with Crippen molar-refractivity contribution in [3.8, 4) is 16.9 Å². The van der Waals surface area contributed by atoms with Crippen molar-refractivity contribution >= 4 is 38.8 Å². The van der Waals surface area contributed by atoms with Crippen molar-refractivity contribution in [2.45, 2.75) is 4.21 Å². The number of Topliss-reactive ketones (excluding diaryl/α,β-unsaturated/α-hetero) is 1. The molecule has 1 heterocycles.